The van der Waals surface area contributed by atoms with E-state index in [1.165, 1.54) is 18.4 Å². The first-order chi connectivity index (χ1) is 11.6. The summed E-state index contributed by atoms with van der Waals surface area (Å²) in [5.41, 5.74) is 1.76. The highest BCUT2D eigenvalue weighted by atomic mass is 19.1. The number of furan rings is 1. The lowest BCUT2D eigenvalue weighted by atomic mass is 10.2. The van der Waals surface area contributed by atoms with Gasteiger partial charge in [-0.2, -0.15) is 5.26 Å². The van der Waals surface area contributed by atoms with Crippen LogP contribution in [0, 0.1) is 24.1 Å². The molecule has 2 aromatic heterocycles. The van der Waals surface area contributed by atoms with Crippen molar-refractivity contribution < 1.29 is 13.6 Å². The number of nitrogens with one attached hydrogen (secondary N) is 1. The van der Waals surface area contributed by atoms with Crippen LogP contribution in [0.3, 0.4) is 0 Å². The molecule has 0 unspecified atom stereocenters. The lowest BCUT2D eigenvalue weighted by molar-refractivity contribution is 0.0941. The van der Waals surface area contributed by atoms with Gasteiger partial charge in [0.15, 0.2) is 0 Å². The zero-order valence-electron chi connectivity index (χ0n) is 12.9. The van der Waals surface area contributed by atoms with Crippen LogP contribution in [0.2, 0.25) is 0 Å². The molecule has 24 heavy (non-hydrogen) atoms. The smallest absolute Gasteiger partial charge is 0.270 e. The molecule has 1 N–H and O–H groups in total. The van der Waals surface area contributed by atoms with E-state index in [0.717, 1.165) is 0 Å². The maximum atomic E-state index is 13.3. The van der Waals surface area contributed by atoms with E-state index in [1.807, 2.05) is 6.07 Å². The Balaban J connectivity index is 1.96. The number of carbonyl (C=O) groups is 1. The van der Waals surface area contributed by atoms with E-state index < -0.39 is 5.91 Å². The van der Waals surface area contributed by atoms with Crippen LogP contribution in [0.5, 0.6) is 0 Å². The summed E-state index contributed by atoms with van der Waals surface area (Å²) in [7, 11) is 0. The van der Waals surface area contributed by atoms with Gasteiger partial charge in [0.25, 0.3) is 5.91 Å². The molecule has 0 atom stereocenters. The van der Waals surface area contributed by atoms with Crippen LogP contribution in [0.4, 0.5) is 4.39 Å². The van der Waals surface area contributed by atoms with Crippen LogP contribution in [-0.4, -0.2) is 10.5 Å². The standard InChI is InChI=1S/C18H14FN3O2/c1-12-9-14(19)4-5-16(12)22-7-6-13(10-20)17(22)18(23)21-11-15-3-2-8-24-15/h2-9H,11H2,1H3,(H,21,23). The number of rotatable bonds is 4. The first-order valence-corrected chi connectivity index (χ1v) is 7.28. The summed E-state index contributed by atoms with van der Waals surface area (Å²) in [6.45, 7) is 1.96. The van der Waals surface area contributed by atoms with Crippen LogP contribution in [-0.2, 0) is 6.54 Å². The predicted molar refractivity (Wildman–Crippen MR) is 85.1 cm³/mol. The van der Waals surface area contributed by atoms with Crippen LogP contribution >= 0.6 is 0 Å². The Labute approximate surface area is 137 Å². The Kier molecular flexibility index (Phi) is 4.17. The van der Waals surface area contributed by atoms with Crippen molar-refractivity contribution in [2.24, 2.45) is 0 Å². The van der Waals surface area contributed by atoms with Crippen LogP contribution < -0.4 is 5.32 Å². The molecule has 0 radical (unpaired) electrons. The van der Waals surface area contributed by atoms with Gasteiger partial charge in [0.2, 0.25) is 0 Å². The predicted octanol–water partition coefficient (Wildman–Crippen LogP) is 3.32. The number of amides is 1. The maximum Gasteiger partial charge on any atom is 0.270 e. The molecule has 0 aliphatic heterocycles. The van der Waals surface area contributed by atoms with Crippen molar-refractivity contribution in [3.05, 3.63) is 77.3 Å². The summed E-state index contributed by atoms with van der Waals surface area (Å²) >= 11 is 0. The molecule has 1 aromatic carbocycles. The van der Waals surface area contributed by atoms with Gasteiger partial charge in [-0.25, -0.2) is 4.39 Å². The minimum Gasteiger partial charge on any atom is -0.467 e. The summed E-state index contributed by atoms with van der Waals surface area (Å²) in [5, 5.41) is 12.0. The van der Waals surface area contributed by atoms with Gasteiger partial charge in [-0.15, -0.1) is 0 Å². The third kappa shape index (κ3) is 2.92. The summed E-state index contributed by atoms with van der Waals surface area (Å²) < 4.78 is 20.1. The monoisotopic (exact) mass is 323 g/mol. The Hall–Kier alpha value is -3.33. The number of aromatic nitrogens is 1. The molecule has 1 amide bonds. The highest BCUT2D eigenvalue weighted by Gasteiger charge is 2.19. The largest absolute Gasteiger partial charge is 0.467 e. The third-order valence-electron chi connectivity index (χ3n) is 3.64. The topological polar surface area (TPSA) is 71.0 Å². The summed E-state index contributed by atoms with van der Waals surface area (Å²) in [6.07, 6.45) is 3.15. The Morgan fingerprint density at radius 1 is 1.38 bits per heavy atom. The van der Waals surface area contributed by atoms with E-state index in [9.17, 15) is 14.4 Å². The second-order valence-electron chi connectivity index (χ2n) is 5.25. The Morgan fingerprint density at radius 2 is 2.21 bits per heavy atom. The molecule has 0 aliphatic carbocycles. The normalized spacial score (nSPS) is 10.4. The molecule has 0 fully saturated rings. The van der Waals surface area contributed by atoms with Gasteiger partial charge in [-0.3, -0.25) is 4.79 Å². The number of benzene rings is 1. The Bertz CT molecular complexity index is 920. The van der Waals surface area contributed by atoms with Gasteiger partial charge in [0.1, 0.15) is 23.3 Å². The lowest BCUT2D eigenvalue weighted by Gasteiger charge is -2.12. The molecular weight excluding hydrogens is 309 g/mol. The summed E-state index contributed by atoms with van der Waals surface area (Å²) in [4.78, 5) is 12.6. The summed E-state index contributed by atoms with van der Waals surface area (Å²) in [6, 6.07) is 11.3. The van der Waals surface area contributed by atoms with Gasteiger partial charge in [0, 0.05) is 11.9 Å². The third-order valence-corrected chi connectivity index (χ3v) is 3.64. The lowest BCUT2D eigenvalue weighted by Crippen LogP contribution is -2.26. The molecule has 120 valence electrons. The second-order valence-corrected chi connectivity index (χ2v) is 5.25. The van der Waals surface area contributed by atoms with E-state index in [4.69, 9.17) is 4.42 Å². The number of nitriles is 1. The van der Waals surface area contributed by atoms with E-state index in [0.29, 0.717) is 17.0 Å². The SMILES string of the molecule is Cc1cc(F)ccc1-n1ccc(C#N)c1C(=O)NCc1ccco1. The fraction of sp³-hybridized carbons (Fsp3) is 0.111. The van der Waals surface area contributed by atoms with E-state index in [2.05, 4.69) is 5.32 Å². The van der Waals surface area contributed by atoms with E-state index >= 15 is 0 Å². The van der Waals surface area contributed by atoms with Crippen LogP contribution in [0.25, 0.3) is 5.69 Å². The molecule has 0 aliphatic rings. The van der Waals surface area contributed by atoms with Crippen molar-refractivity contribution in [2.45, 2.75) is 13.5 Å². The zero-order chi connectivity index (χ0) is 17.1. The molecule has 0 bridgehead atoms. The molecule has 6 heteroatoms. The van der Waals surface area contributed by atoms with Gasteiger partial charge < -0.3 is 14.3 Å². The Morgan fingerprint density at radius 3 is 2.88 bits per heavy atom. The number of hydrogen-bond donors (Lipinski definition) is 1. The van der Waals surface area contributed by atoms with Gasteiger partial charge in [-0.05, 0) is 48.9 Å². The number of hydrogen-bond acceptors (Lipinski definition) is 3. The number of carbonyl (C=O) groups excluding carboxylic acids is 1. The number of nitrogens with zero attached hydrogens (tertiary/aromatic N) is 2. The van der Waals surface area contributed by atoms with Crippen molar-refractivity contribution >= 4 is 5.91 Å². The van der Waals surface area contributed by atoms with Gasteiger partial charge in [0.05, 0.1) is 18.4 Å². The van der Waals surface area contributed by atoms with Crippen molar-refractivity contribution in [2.75, 3.05) is 0 Å². The van der Waals surface area contributed by atoms with Crippen molar-refractivity contribution in [3.8, 4) is 11.8 Å². The number of aryl methyl sites for hydroxylation is 1. The first-order valence-electron chi connectivity index (χ1n) is 7.28. The minimum absolute atomic E-state index is 0.207. The summed E-state index contributed by atoms with van der Waals surface area (Å²) in [5.74, 6) is -0.151. The van der Waals surface area contributed by atoms with E-state index in [1.54, 1.807) is 42.0 Å². The molecule has 0 saturated heterocycles. The van der Waals surface area contributed by atoms with Gasteiger partial charge >= 0.3 is 0 Å². The van der Waals surface area contributed by atoms with Crippen molar-refractivity contribution in [1.29, 1.82) is 5.26 Å². The maximum absolute atomic E-state index is 13.3. The average Bonchev–Trinajstić information content (AvgIpc) is 3.22. The zero-order valence-corrected chi connectivity index (χ0v) is 12.9. The quantitative estimate of drug-likeness (QED) is 0.800. The average molecular weight is 323 g/mol. The van der Waals surface area contributed by atoms with Crippen molar-refractivity contribution in [3.63, 3.8) is 0 Å². The second kappa shape index (κ2) is 6.42. The molecule has 3 rings (SSSR count). The molecule has 0 spiro atoms. The fourth-order valence-corrected chi connectivity index (χ4v) is 2.51. The highest BCUT2D eigenvalue weighted by molar-refractivity contribution is 5.95. The molecule has 2 heterocycles. The molecular formula is C18H14FN3O2. The fourth-order valence-electron chi connectivity index (χ4n) is 2.51. The van der Waals surface area contributed by atoms with E-state index in [-0.39, 0.29) is 23.6 Å². The molecule has 0 saturated carbocycles. The highest BCUT2D eigenvalue weighted by Crippen LogP contribution is 2.21. The molecule has 3 aromatic rings. The van der Waals surface area contributed by atoms with Crippen molar-refractivity contribution in [1.82, 2.24) is 9.88 Å². The minimum atomic E-state index is -0.406. The molecule has 5 nitrogen and oxygen atoms in total. The van der Waals surface area contributed by atoms with Crippen LogP contribution in [0.1, 0.15) is 27.4 Å². The van der Waals surface area contributed by atoms with Gasteiger partial charge in [-0.1, -0.05) is 0 Å². The van der Waals surface area contributed by atoms with Crippen LogP contribution in [0.15, 0.2) is 53.3 Å². The number of halogens is 1. The first kappa shape index (κ1) is 15.6.